The summed E-state index contributed by atoms with van der Waals surface area (Å²) in [5, 5.41) is 29.8. The minimum atomic E-state index is -0.869. The van der Waals surface area contributed by atoms with Crippen molar-refractivity contribution in [3.8, 4) is 0 Å². The third kappa shape index (κ3) is 7.53. The van der Waals surface area contributed by atoms with Crippen LogP contribution in [0.3, 0.4) is 0 Å². The molecule has 0 spiro atoms. The highest BCUT2D eigenvalue weighted by Crippen LogP contribution is 2.76. The quantitative estimate of drug-likeness (QED) is 0.165. The predicted molar refractivity (Wildman–Crippen MR) is 216 cm³/mol. The molecule has 4 fully saturated rings. The molecule has 54 heavy (non-hydrogen) atoms. The van der Waals surface area contributed by atoms with Crippen molar-refractivity contribution in [3.05, 3.63) is 10.6 Å². The number of nitrogens with zero attached hydrogens (tertiary/aromatic N) is 1. The fourth-order valence-corrected chi connectivity index (χ4v) is 14.4. The Morgan fingerprint density at radius 3 is 2.24 bits per heavy atom. The van der Waals surface area contributed by atoms with E-state index in [2.05, 4.69) is 52.2 Å². The van der Waals surface area contributed by atoms with Crippen molar-refractivity contribution < 1.29 is 29.3 Å². The van der Waals surface area contributed by atoms with E-state index in [1.54, 1.807) is 11.3 Å². The molecular formula is C44H73N3O6S. The van der Waals surface area contributed by atoms with Gasteiger partial charge in [0.1, 0.15) is 5.60 Å². The zero-order valence-corrected chi connectivity index (χ0v) is 36.3. The number of nitrogens with one attached hydrogen (secondary N) is 2. The molecule has 4 N–H and O–H groups in total. The monoisotopic (exact) mass is 772 g/mol. The summed E-state index contributed by atoms with van der Waals surface area (Å²) in [6.45, 7) is 24.5. The van der Waals surface area contributed by atoms with E-state index >= 15 is 0 Å². The number of hydrogen-bond donors (Lipinski definition) is 4. The number of thiazole rings is 1. The van der Waals surface area contributed by atoms with Crippen molar-refractivity contribution in [2.45, 2.75) is 200 Å². The number of carbonyl (C=O) groups excluding carboxylic acids is 2. The van der Waals surface area contributed by atoms with Gasteiger partial charge in [0, 0.05) is 23.3 Å². The van der Waals surface area contributed by atoms with Crippen LogP contribution in [0.4, 0.5) is 9.93 Å². The molecule has 6 rings (SSSR count). The van der Waals surface area contributed by atoms with Gasteiger partial charge in [-0.25, -0.2) is 9.78 Å². The number of alkyl carbamates (subject to hydrolysis) is 1. The first kappa shape index (κ1) is 41.9. The van der Waals surface area contributed by atoms with E-state index in [1.807, 2.05) is 34.6 Å². The van der Waals surface area contributed by atoms with E-state index in [4.69, 9.17) is 14.5 Å². The van der Waals surface area contributed by atoms with Gasteiger partial charge < -0.3 is 30.3 Å². The zero-order valence-electron chi connectivity index (χ0n) is 35.5. The van der Waals surface area contributed by atoms with Gasteiger partial charge in [-0.2, -0.15) is 0 Å². The Balaban J connectivity index is 1.08. The highest BCUT2D eigenvalue weighted by molar-refractivity contribution is 7.15. The van der Waals surface area contributed by atoms with Gasteiger partial charge in [-0.3, -0.25) is 4.79 Å². The lowest BCUT2D eigenvalue weighted by Crippen LogP contribution is -2.66. The molecular weight excluding hydrogens is 699 g/mol. The molecule has 10 heteroatoms. The zero-order chi connectivity index (χ0) is 39.7. The number of ether oxygens (including phenoxy) is 2. The van der Waals surface area contributed by atoms with Crippen LogP contribution in [0.2, 0.25) is 0 Å². The van der Waals surface area contributed by atoms with Crippen LogP contribution in [0.5, 0.6) is 0 Å². The minimum Gasteiger partial charge on any atom is -0.444 e. The van der Waals surface area contributed by atoms with Crippen LogP contribution in [0.25, 0.3) is 0 Å². The Kier molecular flexibility index (Phi) is 11.3. The Hall–Kier alpha value is -1.75. The highest BCUT2D eigenvalue weighted by atomic mass is 32.1. The normalized spacial score (nSPS) is 38.5. The molecule has 3 saturated carbocycles. The number of fused-ring (bicyclic) bond motifs is 6. The molecule has 5 aliphatic rings. The van der Waals surface area contributed by atoms with Crippen molar-refractivity contribution in [1.82, 2.24) is 10.3 Å². The second-order valence-corrected chi connectivity index (χ2v) is 22.3. The number of carbonyl (C=O) groups is 2. The lowest BCUT2D eigenvalue weighted by molar-refractivity contribution is -0.227. The molecule has 9 nitrogen and oxygen atoms in total. The number of unbranched alkanes of at least 4 members (excludes halogenated alkanes) is 4. The molecule has 4 aliphatic carbocycles. The number of anilines is 1. The maximum Gasteiger partial charge on any atom is 0.407 e. The number of hydrogen-bond acceptors (Lipinski definition) is 8. The Bertz CT molecular complexity index is 1550. The summed E-state index contributed by atoms with van der Waals surface area (Å²) >= 11 is 1.67. The number of aliphatic hydroxyl groups is 2. The van der Waals surface area contributed by atoms with Crippen LogP contribution in [0.1, 0.15) is 170 Å². The SMILES string of the molecule is CC(C)(C)OC(=O)NCCCCCCCC(=O)Nc1nc2c(s1)C[C@]1(C)[C@H]3C[C@@H](O)[C@@H]4C([C@]5(C)CC[C@@H](C(C)(C)O)O5)CC[C@@]4(C)[C@]3(C)CC[C@H]1C2(C)C. The molecule has 2 amide bonds. The van der Waals surface area contributed by atoms with Crippen LogP contribution < -0.4 is 10.6 Å². The summed E-state index contributed by atoms with van der Waals surface area (Å²) in [6.07, 6.45) is 12.3. The van der Waals surface area contributed by atoms with Crippen molar-refractivity contribution in [1.29, 1.82) is 0 Å². The van der Waals surface area contributed by atoms with Crippen LogP contribution in [-0.2, 0) is 26.1 Å². The molecule has 10 atom stereocenters. The van der Waals surface area contributed by atoms with E-state index in [-0.39, 0.29) is 63.3 Å². The van der Waals surface area contributed by atoms with Gasteiger partial charge in [0.05, 0.1) is 29.1 Å². The molecule has 1 unspecified atom stereocenters. The third-order valence-electron chi connectivity index (χ3n) is 15.8. The smallest absolute Gasteiger partial charge is 0.407 e. The predicted octanol–water partition coefficient (Wildman–Crippen LogP) is 9.33. The Labute approximate surface area is 329 Å². The van der Waals surface area contributed by atoms with Crippen molar-refractivity contribution in [3.63, 3.8) is 0 Å². The standard InChI is InChI=1S/C44H73N3O6S/c1-38(2,3)53-37(50)45-24-16-14-12-13-15-17-33(49)46-36-47-35-29(54-36)26-41(8)30(39(35,4)5)19-22-42(9)31(41)25-28(48)34-27(18-21-43(34,42)10)44(11)23-20-32(52-44)40(6,7)51/h27-28,30-32,34,48,51H,12-26H2,1-11H3,(H,45,50)(H,46,47,49)/t27?,28-,30+,31-,32+,34+,41+,42-,43-,44+/m1/s1. The van der Waals surface area contributed by atoms with Gasteiger partial charge in [-0.05, 0) is 146 Å². The summed E-state index contributed by atoms with van der Waals surface area (Å²) in [5.74, 6) is 1.31. The van der Waals surface area contributed by atoms with Crippen molar-refractivity contribution >= 4 is 28.5 Å². The maximum atomic E-state index is 13.1. The van der Waals surface area contributed by atoms with Crippen molar-refractivity contribution in [2.24, 2.45) is 39.9 Å². The minimum absolute atomic E-state index is 0.00139. The lowest BCUT2D eigenvalue weighted by atomic mass is 9.35. The van der Waals surface area contributed by atoms with Crippen LogP contribution in [-0.4, -0.2) is 62.8 Å². The topological polar surface area (TPSA) is 130 Å². The van der Waals surface area contributed by atoms with Gasteiger partial charge in [0.15, 0.2) is 5.13 Å². The Morgan fingerprint density at radius 2 is 1.57 bits per heavy atom. The summed E-state index contributed by atoms with van der Waals surface area (Å²) in [4.78, 5) is 31.3. The molecule has 1 aromatic heterocycles. The Morgan fingerprint density at radius 1 is 0.907 bits per heavy atom. The molecule has 2 heterocycles. The van der Waals surface area contributed by atoms with E-state index in [9.17, 15) is 19.8 Å². The van der Waals surface area contributed by atoms with Gasteiger partial charge in [0.25, 0.3) is 0 Å². The van der Waals surface area contributed by atoms with E-state index < -0.39 is 11.2 Å². The largest absolute Gasteiger partial charge is 0.444 e. The number of amides is 2. The van der Waals surface area contributed by atoms with Crippen LogP contribution >= 0.6 is 11.3 Å². The maximum absolute atomic E-state index is 13.1. The van der Waals surface area contributed by atoms with E-state index in [1.165, 1.54) is 4.88 Å². The molecule has 1 saturated heterocycles. The average molecular weight is 772 g/mol. The van der Waals surface area contributed by atoms with E-state index in [0.717, 1.165) is 94.3 Å². The highest BCUT2D eigenvalue weighted by Gasteiger charge is 2.72. The average Bonchev–Trinajstić information content (AvgIpc) is 3.75. The third-order valence-corrected chi connectivity index (χ3v) is 16.7. The molecule has 0 aromatic carbocycles. The first-order chi connectivity index (χ1) is 24.9. The van der Waals surface area contributed by atoms with Gasteiger partial charge in [-0.1, -0.05) is 53.9 Å². The molecule has 0 radical (unpaired) electrons. The van der Waals surface area contributed by atoms with Gasteiger partial charge in [-0.15, -0.1) is 11.3 Å². The van der Waals surface area contributed by atoms with E-state index in [0.29, 0.717) is 24.8 Å². The van der Waals surface area contributed by atoms with Gasteiger partial charge in [0.2, 0.25) is 5.91 Å². The summed E-state index contributed by atoms with van der Waals surface area (Å²) < 4.78 is 12.0. The molecule has 1 aromatic rings. The lowest BCUT2D eigenvalue weighted by Gasteiger charge is -2.69. The number of aromatic nitrogens is 1. The molecule has 306 valence electrons. The van der Waals surface area contributed by atoms with Gasteiger partial charge >= 0.3 is 6.09 Å². The summed E-state index contributed by atoms with van der Waals surface area (Å²) in [5.41, 5.74) is -0.574. The fourth-order valence-electron chi connectivity index (χ4n) is 13.0. The van der Waals surface area contributed by atoms with Crippen molar-refractivity contribution in [2.75, 3.05) is 11.9 Å². The summed E-state index contributed by atoms with van der Waals surface area (Å²) in [6, 6.07) is 0. The number of aliphatic hydroxyl groups excluding tert-OH is 1. The first-order valence-electron chi connectivity index (χ1n) is 21.3. The number of rotatable bonds is 11. The fraction of sp³-hybridized carbons (Fsp3) is 0.886. The van der Waals surface area contributed by atoms with Crippen LogP contribution in [0, 0.1) is 39.9 Å². The molecule has 1 aliphatic heterocycles. The second kappa shape index (κ2) is 14.6. The summed E-state index contributed by atoms with van der Waals surface area (Å²) in [7, 11) is 0. The molecule has 0 bridgehead atoms. The second-order valence-electron chi connectivity index (χ2n) is 21.3. The van der Waals surface area contributed by atoms with Crippen LogP contribution in [0.15, 0.2) is 0 Å². The first-order valence-corrected chi connectivity index (χ1v) is 22.1.